The summed E-state index contributed by atoms with van der Waals surface area (Å²) in [6.07, 6.45) is 0. The van der Waals surface area contributed by atoms with Crippen LogP contribution in [0.5, 0.6) is 0 Å². The van der Waals surface area contributed by atoms with Gasteiger partial charge in [-0.1, -0.05) is 29.8 Å². The summed E-state index contributed by atoms with van der Waals surface area (Å²) in [4.78, 5) is 4.83. The summed E-state index contributed by atoms with van der Waals surface area (Å²) in [5.41, 5.74) is 1.18. The minimum Gasteiger partial charge on any atom is -0.309 e. The van der Waals surface area contributed by atoms with E-state index in [1.54, 1.807) is 0 Å². The van der Waals surface area contributed by atoms with Crippen molar-refractivity contribution >= 4 is 11.6 Å². The van der Waals surface area contributed by atoms with Gasteiger partial charge in [-0.3, -0.25) is 4.90 Å². The number of hydrogen-bond acceptors (Lipinski definition) is 3. The number of hydrogen-bond donors (Lipinski definition) is 1. The van der Waals surface area contributed by atoms with Crippen LogP contribution in [0.3, 0.4) is 0 Å². The Kier molecular flexibility index (Phi) is 5.22. The van der Waals surface area contributed by atoms with Crippen LogP contribution in [0.2, 0.25) is 5.02 Å². The highest BCUT2D eigenvalue weighted by Crippen LogP contribution is 2.22. The van der Waals surface area contributed by atoms with Gasteiger partial charge in [0.05, 0.1) is 0 Å². The van der Waals surface area contributed by atoms with Gasteiger partial charge < -0.3 is 10.2 Å². The van der Waals surface area contributed by atoms with Gasteiger partial charge in [-0.15, -0.1) is 0 Å². The van der Waals surface area contributed by atoms with Crippen LogP contribution in [0.1, 0.15) is 18.5 Å². The molecule has 1 aromatic carbocycles. The van der Waals surface area contributed by atoms with Crippen molar-refractivity contribution in [3.05, 3.63) is 34.9 Å². The van der Waals surface area contributed by atoms with Gasteiger partial charge in [-0.2, -0.15) is 0 Å². The second-order valence-electron chi connectivity index (χ2n) is 5.55. The smallest absolute Gasteiger partial charge is 0.0453 e. The van der Waals surface area contributed by atoms with Crippen molar-refractivity contribution in [3.8, 4) is 0 Å². The average molecular weight is 282 g/mol. The Morgan fingerprint density at radius 2 is 2.05 bits per heavy atom. The normalized spacial score (nSPS) is 23.5. The van der Waals surface area contributed by atoms with E-state index in [-0.39, 0.29) is 6.04 Å². The van der Waals surface area contributed by atoms with Crippen LogP contribution in [0.15, 0.2) is 24.3 Å². The number of rotatable bonds is 4. The zero-order chi connectivity index (χ0) is 13.8. The Morgan fingerprint density at radius 1 is 1.32 bits per heavy atom. The first-order valence-electron chi connectivity index (χ1n) is 6.94. The van der Waals surface area contributed by atoms with Crippen molar-refractivity contribution in [1.29, 1.82) is 0 Å². The van der Waals surface area contributed by atoms with Crippen molar-refractivity contribution in [2.75, 3.05) is 40.3 Å². The average Bonchev–Trinajstić information content (AvgIpc) is 2.40. The van der Waals surface area contributed by atoms with E-state index < -0.39 is 0 Å². The predicted molar refractivity (Wildman–Crippen MR) is 81.8 cm³/mol. The van der Waals surface area contributed by atoms with Gasteiger partial charge >= 0.3 is 0 Å². The molecule has 1 aliphatic heterocycles. The lowest BCUT2D eigenvalue weighted by molar-refractivity contribution is 0.112. The standard InChI is InChI=1S/C15H24ClN3/c1-12(14-6-4-5-7-15(14)16)17-10-13-11-18(2)8-9-19(13)3/h4-7,12-13,17H,8-11H2,1-3H3. The van der Waals surface area contributed by atoms with Crippen molar-refractivity contribution in [2.45, 2.75) is 19.0 Å². The fraction of sp³-hybridized carbons (Fsp3) is 0.600. The molecule has 0 amide bonds. The van der Waals surface area contributed by atoms with Crippen LogP contribution in [0.25, 0.3) is 0 Å². The summed E-state index contributed by atoms with van der Waals surface area (Å²) in [7, 11) is 4.40. The maximum Gasteiger partial charge on any atom is 0.0453 e. The molecule has 0 aromatic heterocycles. The third-order valence-corrected chi connectivity index (χ3v) is 4.36. The molecule has 0 aliphatic carbocycles. The highest BCUT2D eigenvalue weighted by Gasteiger charge is 2.22. The number of likely N-dealkylation sites (N-methyl/N-ethyl adjacent to an activating group) is 2. The molecule has 106 valence electrons. The van der Waals surface area contributed by atoms with Gasteiger partial charge in [-0.25, -0.2) is 0 Å². The van der Waals surface area contributed by atoms with Crippen LogP contribution in [-0.4, -0.2) is 56.1 Å². The minimum atomic E-state index is 0.286. The molecule has 2 unspecified atom stereocenters. The Hall–Kier alpha value is -0.610. The molecule has 1 aliphatic rings. The maximum absolute atomic E-state index is 6.23. The van der Waals surface area contributed by atoms with E-state index in [1.165, 1.54) is 5.56 Å². The monoisotopic (exact) mass is 281 g/mol. The first-order chi connectivity index (χ1) is 9.08. The van der Waals surface area contributed by atoms with Gasteiger partial charge in [0, 0.05) is 43.3 Å². The van der Waals surface area contributed by atoms with Crippen molar-refractivity contribution in [1.82, 2.24) is 15.1 Å². The first-order valence-corrected chi connectivity index (χ1v) is 7.32. The number of benzene rings is 1. The summed E-state index contributed by atoms with van der Waals surface area (Å²) in [6, 6.07) is 8.92. The van der Waals surface area contributed by atoms with E-state index in [1.807, 2.05) is 18.2 Å². The zero-order valence-corrected chi connectivity index (χ0v) is 12.8. The topological polar surface area (TPSA) is 18.5 Å². The van der Waals surface area contributed by atoms with Crippen molar-refractivity contribution < 1.29 is 0 Å². The molecule has 0 bridgehead atoms. The van der Waals surface area contributed by atoms with Crippen molar-refractivity contribution in [3.63, 3.8) is 0 Å². The van der Waals surface area contributed by atoms with Crippen LogP contribution in [0, 0.1) is 0 Å². The first kappa shape index (κ1) is 14.8. The van der Waals surface area contributed by atoms with Crippen LogP contribution in [-0.2, 0) is 0 Å². The Morgan fingerprint density at radius 3 is 2.79 bits per heavy atom. The Labute approximate surface area is 121 Å². The number of nitrogens with one attached hydrogen (secondary N) is 1. The molecule has 2 atom stereocenters. The minimum absolute atomic E-state index is 0.286. The van der Waals surface area contributed by atoms with Crippen LogP contribution < -0.4 is 5.32 Å². The molecule has 1 saturated heterocycles. The highest BCUT2D eigenvalue weighted by atomic mass is 35.5. The lowest BCUT2D eigenvalue weighted by atomic mass is 10.1. The Bertz CT molecular complexity index is 410. The largest absolute Gasteiger partial charge is 0.309 e. The third kappa shape index (κ3) is 3.93. The molecule has 3 nitrogen and oxygen atoms in total. The summed E-state index contributed by atoms with van der Waals surface area (Å²) < 4.78 is 0. The maximum atomic E-state index is 6.23. The van der Waals surface area contributed by atoms with E-state index in [9.17, 15) is 0 Å². The molecule has 19 heavy (non-hydrogen) atoms. The fourth-order valence-electron chi connectivity index (χ4n) is 2.57. The quantitative estimate of drug-likeness (QED) is 0.913. The SMILES string of the molecule is CC(NCC1CN(C)CCN1C)c1ccccc1Cl. The van der Waals surface area contributed by atoms with Gasteiger partial charge in [-0.05, 0) is 32.6 Å². The predicted octanol–water partition coefficient (Wildman–Crippen LogP) is 2.24. The number of halogens is 1. The molecule has 1 aromatic rings. The lowest BCUT2D eigenvalue weighted by Crippen LogP contribution is -2.53. The molecule has 0 saturated carbocycles. The number of piperazine rings is 1. The fourth-order valence-corrected chi connectivity index (χ4v) is 2.87. The Balaban J connectivity index is 1.89. The summed E-state index contributed by atoms with van der Waals surface area (Å²) in [6.45, 7) is 6.59. The third-order valence-electron chi connectivity index (χ3n) is 4.01. The molecule has 1 heterocycles. The van der Waals surface area contributed by atoms with Crippen LogP contribution >= 0.6 is 11.6 Å². The summed E-state index contributed by atoms with van der Waals surface area (Å²) in [5, 5.41) is 4.45. The van der Waals surface area contributed by atoms with E-state index >= 15 is 0 Å². The molecule has 2 rings (SSSR count). The lowest BCUT2D eigenvalue weighted by Gasteiger charge is -2.38. The zero-order valence-electron chi connectivity index (χ0n) is 12.1. The second kappa shape index (κ2) is 6.71. The summed E-state index contributed by atoms with van der Waals surface area (Å²) >= 11 is 6.23. The number of nitrogens with zero attached hydrogens (tertiary/aromatic N) is 2. The van der Waals surface area contributed by atoms with Gasteiger partial charge in [0.1, 0.15) is 0 Å². The second-order valence-corrected chi connectivity index (χ2v) is 5.96. The van der Waals surface area contributed by atoms with E-state index in [0.29, 0.717) is 6.04 Å². The molecule has 1 N–H and O–H groups in total. The van der Waals surface area contributed by atoms with Crippen LogP contribution in [0.4, 0.5) is 0 Å². The van der Waals surface area contributed by atoms with Crippen molar-refractivity contribution in [2.24, 2.45) is 0 Å². The van der Waals surface area contributed by atoms with Gasteiger partial charge in [0.15, 0.2) is 0 Å². The van der Waals surface area contributed by atoms with E-state index in [0.717, 1.165) is 31.2 Å². The highest BCUT2D eigenvalue weighted by molar-refractivity contribution is 6.31. The summed E-state index contributed by atoms with van der Waals surface area (Å²) in [5.74, 6) is 0. The molecule has 0 radical (unpaired) electrons. The van der Waals surface area contributed by atoms with E-state index in [2.05, 4.69) is 42.2 Å². The van der Waals surface area contributed by atoms with Gasteiger partial charge in [0.25, 0.3) is 0 Å². The molecular weight excluding hydrogens is 258 g/mol. The molecule has 1 fully saturated rings. The molecule has 0 spiro atoms. The molecule has 4 heteroatoms. The van der Waals surface area contributed by atoms with E-state index in [4.69, 9.17) is 11.6 Å². The van der Waals surface area contributed by atoms with Gasteiger partial charge in [0.2, 0.25) is 0 Å². The molecular formula is C15H24ClN3.